The Bertz CT molecular complexity index is 592. The molecule has 96 valence electrons. The van der Waals surface area contributed by atoms with Crippen LogP contribution in [0, 0.1) is 23.7 Å². The molecule has 1 aromatic rings. The van der Waals surface area contributed by atoms with Gasteiger partial charge in [-0.25, -0.2) is 4.90 Å². The molecule has 0 aromatic heterocycles. The molecule has 1 saturated carbocycles. The molecule has 4 nitrogen and oxygen atoms in total. The van der Waals surface area contributed by atoms with E-state index in [2.05, 4.69) is 12.2 Å². The van der Waals surface area contributed by atoms with Crippen LogP contribution in [-0.2, 0) is 9.59 Å². The van der Waals surface area contributed by atoms with Gasteiger partial charge < -0.3 is 5.11 Å². The Morgan fingerprint density at radius 2 is 1.58 bits per heavy atom. The van der Waals surface area contributed by atoms with Gasteiger partial charge >= 0.3 is 0 Å². The molecule has 4 rings (SSSR count). The number of fused-ring (bicyclic) bond motifs is 5. The molecule has 1 saturated heterocycles. The number of amides is 2. The number of phenols is 1. The van der Waals surface area contributed by atoms with E-state index in [4.69, 9.17) is 0 Å². The molecule has 1 N–H and O–H groups in total. The van der Waals surface area contributed by atoms with Gasteiger partial charge in [0.1, 0.15) is 5.75 Å². The second-order valence-electron chi connectivity index (χ2n) is 5.50. The molecule has 4 atom stereocenters. The fourth-order valence-corrected chi connectivity index (χ4v) is 3.79. The van der Waals surface area contributed by atoms with Gasteiger partial charge in [-0.1, -0.05) is 24.3 Å². The Kier molecular flexibility index (Phi) is 1.97. The zero-order chi connectivity index (χ0) is 13.1. The van der Waals surface area contributed by atoms with Crippen molar-refractivity contribution < 1.29 is 14.7 Å². The highest BCUT2D eigenvalue weighted by atomic mass is 16.3. The van der Waals surface area contributed by atoms with Crippen LogP contribution in [0.1, 0.15) is 6.42 Å². The van der Waals surface area contributed by atoms with Crippen LogP contribution in [0.4, 0.5) is 5.69 Å². The molecule has 0 spiro atoms. The van der Waals surface area contributed by atoms with Crippen molar-refractivity contribution in [3.8, 4) is 5.75 Å². The van der Waals surface area contributed by atoms with Crippen LogP contribution in [0.15, 0.2) is 36.4 Å². The number of para-hydroxylation sites is 2. The van der Waals surface area contributed by atoms with Gasteiger partial charge in [0.2, 0.25) is 11.8 Å². The maximum Gasteiger partial charge on any atom is 0.238 e. The van der Waals surface area contributed by atoms with Crippen molar-refractivity contribution in [3.05, 3.63) is 36.4 Å². The molecule has 2 amide bonds. The van der Waals surface area contributed by atoms with Gasteiger partial charge in [0.05, 0.1) is 17.5 Å². The van der Waals surface area contributed by atoms with Crippen LogP contribution in [0.25, 0.3) is 0 Å². The van der Waals surface area contributed by atoms with Crippen molar-refractivity contribution in [1.29, 1.82) is 0 Å². The predicted octanol–water partition coefficient (Wildman–Crippen LogP) is 1.70. The number of hydrogen-bond acceptors (Lipinski definition) is 3. The molecule has 1 aliphatic heterocycles. The number of anilines is 1. The zero-order valence-electron chi connectivity index (χ0n) is 10.2. The number of imide groups is 1. The third-order valence-electron chi connectivity index (χ3n) is 4.59. The Morgan fingerprint density at radius 1 is 1.00 bits per heavy atom. The maximum atomic E-state index is 12.5. The van der Waals surface area contributed by atoms with Gasteiger partial charge in [-0.15, -0.1) is 0 Å². The lowest BCUT2D eigenvalue weighted by Crippen LogP contribution is -2.32. The van der Waals surface area contributed by atoms with Crippen LogP contribution < -0.4 is 4.90 Å². The fourth-order valence-electron chi connectivity index (χ4n) is 3.79. The molecule has 0 radical (unpaired) electrons. The van der Waals surface area contributed by atoms with E-state index in [0.717, 1.165) is 6.42 Å². The molecule has 19 heavy (non-hydrogen) atoms. The highest BCUT2D eigenvalue weighted by molar-refractivity contribution is 6.23. The van der Waals surface area contributed by atoms with Crippen molar-refractivity contribution in [2.75, 3.05) is 4.90 Å². The van der Waals surface area contributed by atoms with Gasteiger partial charge in [0, 0.05) is 0 Å². The summed E-state index contributed by atoms with van der Waals surface area (Å²) in [7, 11) is 0. The predicted molar refractivity (Wildman–Crippen MR) is 68.3 cm³/mol. The summed E-state index contributed by atoms with van der Waals surface area (Å²) in [4.78, 5) is 26.2. The summed E-state index contributed by atoms with van der Waals surface area (Å²) in [5.41, 5.74) is 0.311. The largest absolute Gasteiger partial charge is 0.506 e. The third-order valence-corrected chi connectivity index (χ3v) is 4.59. The second-order valence-corrected chi connectivity index (χ2v) is 5.50. The molecular weight excluding hydrogens is 242 g/mol. The van der Waals surface area contributed by atoms with E-state index < -0.39 is 0 Å². The number of carbonyl (C=O) groups excluding carboxylic acids is 2. The second kappa shape index (κ2) is 3.47. The lowest BCUT2D eigenvalue weighted by molar-refractivity contribution is -0.123. The van der Waals surface area contributed by atoms with Crippen LogP contribution in [-0.4, -0.2) is 16.9 Å². The summed E-state index contributed by atoms with van der Waals surface area (Å²) in [5.74, 6) is -0.389. The van der Waals surface area contributed by atoms with Crippen molar-refractivity contribution in [1.82, 2.24) is 0 Å². The number of allylic oxidation sites excluding steroid dienone is 2. The number of carbonyl (C=O) groups is 2. The first kappa shape index (κ1) is 10.8. The van der Waals surface area contributed by atoms with E-state index in [9.17, 15) is 14.7 Å². The molecule has 4 heteroatoms. The summed E-state index contributed by atoms with van der Waals surface area (Å²) >= 11 is 0. The van der Waals surface area contributed by atoms with Crippen LogP contribution in [0.5, 0.6) is 5.75 Å². The van der Waals surface area contributed by atoms with Gasteiger partial charge in [-0.05, 0) is 30.4 Å². The van der Waals surface area contributed by atoms with Gasteiger partial charge in [0.25, 0.3) is 0 Å². The lowest BCUT2D eigenvalue weighted by Gasteiger charge is -2.18. The Balaban J connectivity index is 1.79. The summed E-state index contributed by atoms with van der Waals surface area (Å²) in [6, 6.07) is 6.50. The smallest absolute Gasteiger partial charge is 0.238 e. The summed E-state index contributed by atoms with van der Waals surface area (Å²) in [6.07, 6.45) is 5.04. The molecule has 1 aromatic carbocycles. The Morgan fingerprint density at radius 3 is 2.16 bits per heavy atom. The standard InChI is InChI=1S/C15H13NO3/c17-11-4-2-1-3-10(11)16-14(18)12-8-5-6-9(7-8)13(12)15(16)19/h1-6,8-9,12-13,17H,7H2/t8-,9-,12-,13-/m0/s1. The topological polar surface area (TPSA) is 57.6 Å². The van der Waals surface area contributed by atoms with Crippen LogP contribution in [0.3, 0.4) is 0 Å². The van der Waals surface area contributed by atoms with Crippen molar-refractivity contribution >= 4 is 17.5 Å². The first-order valence-corrected chi connectivity index (χ1v) is 6.52. The average Bonchev–Trinajstić information content (AvgIpc) is 3.06. The van der Waals surface area contributed by atoms with E-state index in [0.29, 0.717) is 5.69 Å². The number of phenolic OH excluding ortho intramolecular Hbond substituents is 1. The minimum absolute atomic E-state index is 0.0236. The summed E-state index contributed by atoms with van der Waals surface area (Å²) in [6.45, 7) is 0. The summed E-state index contributed by atoms with van der Waals surface area (Å²) in [5, 5.41) is 9.86. The Labute approximate surface area is 110 Å². The third kappa shape index (κ3) is 1.23. The molecule has 0 unspecified atom stereocenters. The van der Waals surface area contributed by atoms with Crippen molar-refractivity contribution in [2.24, 2.45) is 23.7 Å². The highest BCUT2D eigenvalue weighted by Crippen LogP contribution is 2.53. The SMILES string of the molecule is O=C1[C@@H]2[C@@H](C(=O)N1c1ccccc1O)[C@H]1C=C[C@H]2C1. The average molecular weight is 255 g/mol. The van der Waals surface area contributed by atoms with Crippen molar-refractivity contribution in [3.63, 3.8) is 0 Å². The van der Waals surface area contributed by atoms with Gasteiger partial charge in [-0.3, -0.25) is 9.59 Å². The van der Waals surface area contributed by atoms with E-state index in [1.165, 1.54) is 11.0 Å². The quantitative estimate of drug-likeness (QED) is 0.614. The first-order chi connectivity index (χ1) is 9.18. The number of hydrogen-bond donors (Lipinski definition) is 1. The molecule has 1 heterocycles. The minimum Gasteiger partial charge on any atom is -0.506 e. The first-order valence-electron chi connectivity index (χ1n) is 6.52. The maximum absolute atomic E-state index is 12.5. The van der Waals surface area contributed by atoms with E-state index >= 15 is 0 Å². The lowest BCUT2D eigenvalue weighted by atomic mass is 9.85. The normalized spacial score (nSPS) is 35.3. The van der Waals surface area contributed by atoms with E-state index in [-0.39, 0.29) is 41.2 Å². The van der Waals surface area contributed by atoms with E-state index in [1.54, 1.807) is 18.2 Å². The molecule has 3 aliphatic rings. The highest BCUT2D eigenvalue weighted by Gasteiger charge is 2.59. The van der Waals surface area contributed by atoms with Crippen LogP contribution >= 0.6 is 0 Å². The Hall–Kier alpha value is -2.10. The molecule has 2 aliphatic carbocycles. The van der Waals surface area contributed by atoms with Gasteiger partial charge in [-0.2, -0.15) is 0 Å². The fraction of sp³-hybridized carbons (Fsp3) is 0.333. The minimum atomic E-state index is -0.220. The molecule has 2 bridgehead atoms. The monoisotopic (exact) mass is 255 g/mol. The zero-order valence-corrected chi connectivity index (χ0v) is 10.2. The molecule has 2 fully saturated rings. The van der Waals surface area contributed by atoms with Crippen LogP contribution in [0.2, 0.25) is 0 Å². The molecular formula is C15H13NO3. The summed E-state index contributed by atoms with van der Waals surface area (Å²) < 4.78 is 0. The number of benzene rings is 1. The number of rotatable bonds is 1. The number of nitrogens with zero attached hydrogens (tertiary/aromatic N) is 1. The van der Waals surface area contributed by atoms with E-state index in [1.807, 2.05) is 0 Å². The van der Waals surface area contributed by atoms with Crippen molar-refractivity contribution in [2.45, 2.75) is 6.42 Å². The number of aromatic hydroxyl groups is 1. The van der Waals surface area contributed by atoms with Gasteiger partial charge in [0.15, 0.2) is 0 Å².